The largest absolute Gasteiger partial charge is 0.478 e. The quantitative estimate of drug-likeness (QED) is 0.762. The third-order valence-corrected chi connectivity index (χ3v) is 2.71. The molecule has 0 amide bonds. The predicted molar refractivity (Wildman–Crippen MR) is 52.0 cm³/mol. The number of carbonyl (C=O) groups is 2. The molecule has 1 aromatic heterocycles. The molecule has 0 saturated carbocycles. The summed E-state index contributed by atoms with van der Waals surface area (Å²) >= 11 is 1.25. The molecule has 0 saturated heterocycles. The van der Waals surface area contributed by atoms with Crippen LogP contribution in [-0.4, -0.2) is 22.3 Å². The number of aromatic nitrogens is 1. The van der Waals surface area contributed by atoms with Crippen molar-refractivity contribution in [1.82, 2.24) is 4.98 Å². The number of carboxylic acids is 1. The first-order valence-electron chi connectivity index (χ1n) is 3.80. The van der Waals surface area contributed by atoms with Crippen LogP contribution >= 0.6 is 11.3 Å². The highest BCUT2D eigenvalue weighted by atomic mass is 32.1. The number of nitrogens with zero attached hydrogens (tertiary/aromatic N) is 1. The summed E-state index contributed by atoms with van der Waals surface area (Å²) in [6, 6.07) is 4.61. The smallest absolute Gasteiger partial charge is 0.335 e. The fraction of sp³-hybridized carbons (Fsp3) is 0. The van der Waals surface area contributed by atoms with Crippen LogP contribution in [0.4, 0.5) is 0 Å². The first-order chi connectivity index (χ1) is 6.70. The van der Waals surface area contributed by atoms with Gasteiger partial charge in [0.1, 0.15) is 0 Å². The van der Waals surface area contributed by atoms with Crippen molar-refractivity contribution >= 4 is 33.8 Å². The molecule has 14 heavy (non-hydrogen) atoms. The summed E-state index contributed by atoms with van der Waals surface area (Å²) in [6.07, 6.45) is 0.658. The molecular formula is C9H5NO3S. The van der Waals surface area contributed by atoms with Crippen LogP contribution in [0.25, 0.3) is 10.2 Å². The van der Waals surface area contributed by atoms with Gasteiger partial charge in [-0.25, -0.2) is 9.78 Å². The van der Waals surface area contributed by atoms with Crippen LogP contribution in [-0.2, 0) is 0 Å². The van der Waals surface area contributed by atoms with Gasteiger partial charge in [0.15, 0.2) is 11.3 Å². The summed E-state index contributed by atoms with van der Waals surface area (Å²) in [6.45, 7) is 0. The summed E-state index contributed by atoms with van der Waals surface area (Å²) in [4.78, 5) is 25.0. The number of aromatic carboxylic acids is 1. The van der Waals surface area contributed by atoms with E-state index in [-0.39, 0.29) is 5.56 Å². The number of rotatable bonds is 2. The first kappa shape index (κ1) is 8.83. The monoisotopic (exact) mass is 207 g/mol. The summed E-state index contributed by atoms with van der Waals surface area (Å²) in [5.41, 5.74) is 0.734. The highest BCUT2D eigenvalue weighted by Gasteiger charge is 2.07. The van der Waals surface area contributed by atoms with E-state index in [1.807, 2.05) is 0 Å². The number of benzene rings is 1. The lowest BCUT2D eigenvalue weighted by molar-refractivity contribution is 0.0697. The maximum atomic E-state index is 10.6. The highest BCUT2D eigenvalue weighted by molar-refractivity contribution is 7.20. The number of aldehydes is 1. The molecule has 5 heteroatoms. The van der Waals surface area contributed by atoms with E-state index in [1.165, 1.54) is 23.5 Å². The van der Waals surface area contributed by atoms with Gasteiger partial charge in [-0.3, -0.25) is 4.79 Å². The van der Waals surface area contributed by atoms with E-state index < -0.39 is 5.97 Å². The molecule has 2 rings (SSSR count). The first-order valence-corrected chi connectivity index (χ1v) is 4.61. The van der Waals surface area contributed by atoms with E-state index in [4.69, 9.17) is 5.11 Å². The third kappa shape index (κ3) is 1.38. The average molecular weight is 207 g/mol. The molecular weight excluding hydrogens is 202 g/mol. The van der Waals surface area contributed by atoms with Gasteiger partial charge in [-0.05, 0) is 18.2 Å². The van der Waals surface area contributed by atoms with Gasteiger partial charge in [-0.15, -0.1) is 11.3 Å². The number of carboxylic acid groups (broad SMARTS) is 1. The SMILES string of the molecule is O=Cc1nc2cc(C(=O)O)ccc2s1. The molecule has 0 aliphatic heterocycles. The lowest BCUT2D eigenvalue weighted by atomic mass is 10.2. The zero-order chi connectivity index (χ0) is 10.1. The van der Waals surface area contributed by atoms with Gasteiger partial charge in [-0.2, -0.15) is 0 Å². The van der Waals surface area contributed by atoms with Crippen LogP contribution in [0.1, 0.15) is 20.2 Å². The minimum atomic E-state index is -0.993. The molecule has 1 N–H and O–H groups in total. The molecule has 4 nitrogen and oxygen atoms in total. The lowest BCUT2D eigenvalue weighted by Crippen LogP contribution is -1.94. The highest BCUT2D eigenvalue weighted by Crippen LogP contribution is 2.21. The molecule has 0 unspecified atom stereocenters. The maximum Gasteiger partial charge on any atom is 0.335 e. The van der Waals surface area contributed by atoms with Crippen LogP contribution in [0.2, 0.25) is 0 Å². The van der Waals surface area contributed by atoms with Crippen molar-refractivity contribution in [2.24, 2.45) is 0 Å². The predicted octanol–water partition coefficient (Wildman–Crippen LogP) is 1.81. The molecule has 70 valence electrons. The Balaban J connectivity index is 2.65. The molecule has 0 radical (unpaired) electrons. The Morgan fingerprint density at radius 3 is 2.93 bits per heavy atom. The van der Waals surface area contributed by atoms with Crippen LogP contribution < -0.4 is 0 Å². The molecule has 1 aromatic carbocycles. The second-order valence-corrected chi connectivity index (χ2v) is 3.72. The number of hydrogen-bond acceptors (Lipinski definition) is 4. The minimum absolute atomic E-state index is 0.181. The Morgan fingerprint density at radius 1 is 1.50 bits per heavy atom. The number of fused-ring (bicyclic) bond motifs is 1. The van der Waals surface area contributed by atoms with Gasteiger partial charge < -0.3 is 5.11 Å². The molecule has 0 aliphatic rings. The second-order valence-electron chi connectivity index (χ2n) is 2.66. The Labute approximate surface area is 82.8 Å². The van der Waals surface area contributed by atoms with Crippen molar-refractivity contribution in [2.75, 3.05) is 0 Å². The van der Waals surface area contributed by atoms with Crippen molar-refractivity contribution in [3.05, 3.63) is 28.8 Å². The molecule has 0 atom stereocenters. The van der Waals surface area contributed by atoms with Crippen molar-refractivity contribution in [1.29, 1.82) is 0 Å². The number of carbonyl (C=O) groups excluding carboxylic acids is 1. The van der Waals surface area contributed by atoms with E-state index >= 15 is 0 Å². The molecule has 0 fully saturated rings. The Kier molecular flexibility index (Phi) is 2.01. The van der Waals surface area contributed by atoms with Crippen LogP contribution in [0.5, 0.6) is 0 Å². The topological polar surface area (TPSA) is 67.3 Å². The average Bonchev–Trinajstić information content (AvgIpc) is 2.58. The fourth-order valence-electron chi connectivity index (χ4n) is 1.13. The molecule has 1 heterocycles. The summed E-state index contributed by atoms with van der Waals surface area (Å²) < 4.78 is 0.817. The van der Waals surface area contributed by atoms with E-state index in [2.05, 4.69) is 4.98 Å². The molecule has 0 spiro atoms. The van der Waals surface area contributed by atoms with Crippen LogP contribution in [0.15, 0.2) is 18.2 Å². The zero-order valence-corrected chi connectivity index (χ0v) is 7.75. The summed E-state index contributed by atoms with van der Waals surface area (Å²) in [5, 5.41) is 9.08. The molecule has 0 bridgehead atoms. The summed E-state index contributed by atoms with van der Waals surface area (Å²) in [5.74, 6) is -0.993. The van der Waals surface area contributed by atoms with E-state index in [0.29, 0.717) is 16.8 Å². The van der Waals surface area contributed by atoms with Crippen LogP contribution in [0, 0.1) is 0 Å². The molecule has 0 aliphatic carbocycles. The van der Waals surface area contributed by atoms with Crippen molar-refractivity contribution in [2.45, 2.75) is 0 Å². The van der Waals surface area contributed by atoms with Gasteiger partial charge in [0, 0.05) is 0 Å². The Bertz CT molecular complexity index is 518. The van der Waals surface area contributed by atoms with Gasteiger partial charge in [-0.1, -0.05) is 0 Å². The zero-order valence-electron chi connectivity index (χ0n) is 6.93. The minimum Gasteiger partial charge on any atom is -0.478 e. The van der Waals surface area contributed by atoms with Crippen molar-refractivity contribution in [3.8, 4) is 0 Å². The number of hydrogen-bond donors (Lipinski definition) is 1. The van der Waals surface area contributed by atoms with Gasteiger partial charge in [0.25, 0.3) is 0 Å². The van der Waals surface area contributed by atoms with E-state index in [9.17, 15) is 9.59 Å². The maximum absolute atomic E-state index is 10.6. The van der Waals surface area contributed by atoms with Gasteiger partial charge >= 0.3 is 5.97 Å². The normalized spacial score (nSPS) is 10.3. The molecule has 2 aromatic rings. The van der Waals surface area contributed by atoms with E-state index in [1.54, 1.807) is 6.07 Å². The number of thiazole rings is 1. The Hall–Kier alpha value is -1.75. The van der Waals surface area contributed by atoms with Crippen molar-refractivity contribution < 1.29 is 14.7 Å². The standard InChI is InChI=1S/C9H5NO3S/c11-4-8-10-6-3-5(9(12)13)1-2-7(6)14-8/h1-4H,(H,12,13). The third-order valence-electron chi connectivity index (χ3n) is 1.75. The van der Waals surface area contributed by atoms with Gasteiger partial charge in [0.2, 0.25) is 0 Å². The Morgan fingerprint density at radius 2 is 2.29 bits per heavy atom. The lowest BCUT2D eigenvalue weighted by Gasteiger charge is -1.91. The van der Waals surface area contributed by atoms with E-state index in [0.717, 1.165) is 4.70 Å². The van der Waals surface area contributed by atoms with Crippen LogP contribution in [0.3, 0.4) is 0 Å². The fourth-order valence-corrected chi connectivity index (χ4v) is 1.89. The van der Waals surface area contributed by atoms with Gasteiger partial charge in [0.05, 0.1) is 15.8 Å². The second kappa shape index (κ2) is 3.19. The summed E-state index contributed by atoms with van der Waals surface area (Å²) in [7, 11) is 0. The van der Waals surface area contributed by atoms with Crippen molar-refractivity contribution in [3.63, 3.8) is 0 Å².